The molecule has 1 aromatic heterocycles. The number of hydrogen-bond donors (Lipinski definition) is 2. The van der Waals surface area contributed by atoms with Crippen molar-refractivity contribution in [1.82, 2.24) is 0 Å². The molecule has 4 aromatic rings. The number of aromatic carboxylic acids is 2. The molecule has 0 bridgehead atoms. The van der Waals surface area contributed by atoms with E-state index in [1.54, 1.807) is 42.7 Å². The molecule has 3 aromatic carbocycles. The fraction of sp³-hybridized carbons (Fsp3) is 0.125. The van der Waals surface area contributed by atoms with Gasteiger partial charge in [0.15, 0.2) is 0 Å². The fourth-order valence-corrected chi connectivity index (χ4v) is 3.60. The van der Waals surface area contributed by atoms with E-state index in [4.69, 9.17) is 24.1 Å². The summed E-state index contributed by atoms with van der Waals surface area (Å²) in [6, 6.07) is 19.8. The monoisotopic (exact) mass is 520 g/mol. The van der Waals surface area contributed by atoms with E-state index >= 15 is 0 Å². The molecular formula is C32H24O7. The van der Waals surface area contributed by atoms with Gasteiger partial charge in [0.1, 0.15) is 17.3 Å². The SMILES string of the molecule is COc1cc(C#Cc2ccc(C(=O)O)cc2)c(OCCCc2ccco2)cc1C#Cc1ccc(C(=O)O)cc1. The van der Waals surface area contributed by atoms with Gasteiger partial charge < -0.3 is 24.1 Å². The first kappa shape index (κ1) is 26.7. The van der Waals surface area contributed by atoms with Gasteiger partial charge in [0.25, 0.3) is 0 Å². The van der Waals surface area contributed by atoms with Crippen LogP contribution in [0.5, 0.6) is 11.5 Å². The van der Waals surface area contributed by atoms with E-state index in [-0.39, 0.29) is 11.1 Å². The number of carbonyl (C=O) groups is 2. The topological polar surface area (TPSA) is 106 Å². The van der Waals surface area contributed by atoms with Crippen LogP contribution in [-0.2, 0) is 6.42 Å². The highest BCUT2D eigenvalue weighted by Crippen LogP contribution is 2.28. The van der Waals surface area contributed by atoms with Crippen molar-refractivity contribution in [2.24, 2.45) is 0 Å². The van der Waals surface area contributed by atoms with Crippen LogP contribution in [0, 0.1) is 23.7 Å². The Morgan fingerprint density at radius 3 is 1.79 bits per heavy atom. The highest BCUT2D eigenvalue weighted by atomic mass is 16.5. The van der Waals surface area contributed by atoms with Gasteiger partial charge in [0, 0.05) is 29.7 Å². The second-order valence-corrected chi connectivity index (χ2v) is 8.35. The van der Waals surface area contributed by atoms with Gasteiger partial charge in [-0.3, -0.25) is 0 Å². The summed E-state index contributed by atoms with van der Waals surface area (Å²) >= 11 is 0. The number of benzene rings is 3. The van der Waals surface area contributed by atoms with E-state index in [2.05, 4.69) is 23.7 Å². The summed E-state index contributed by atoms with van der Waals surface area (Å²) < 4.78 is 17.0. The maximum atomic E-state index is 11.1. The van der Waals surface area contributed by atoms with Gasteiger partial charge in [-0.15, -0.1) is 0 Å². The number of rotatable bonds is 8. The van der Waals surface area contributed by atoms with Gasteiger partial charge in [-0.1, -0.05) is 23.7 Å². The molecule has 0 aliphatic carbocycles. The highest BCUT2D eigenvalue weighted by Gasteiger charge is 2.11. The molecule has 2 N–H and O–H groups in total. The molecule has 1 heterocycles. The molecule has 0 saturated carbocycles. The largest absolute Gasteiger partial charge is 0.495 e. The van der Waals surface area contributed by atoms with E-state index in [0.717, 1.165) is 18.6 Å². The Morgan fingerprint density at radius 2 is 1.31 bits per heavy atom. The third-order valence-electron chi connectivity index (χ3n) is 5.65. The summed E-state index contributed by atoms with van der Waals surface area (Å²) in [4.78, 5) is 22.2. The summed E-state index contributed by atoms with van der Waals surface area (Å²) in [5.41, 5.74) is 2.83. The molecule has 0 atom stereocenters. The van der Waals surface area contributed by atoms with Crippen molar-refractivity contribution in [2.75, 3.05) is 13.7 Å². The molecule has 0 saturated heterocycles. The number of carboxylic acids is 2. The van der Waals surface area contributed by atoms with Crippen molar-refractivity contribution in [3.63, 3.8) is 0 Å². The Morgan fingerprint density at radius 1 is 0.769 bits per heavy atom. The highest BCUT2D eigenvalue weighted by molar-refractivity contribution is 5.88. The van der Waals surface area contributed by atoms with Crippen molar-refractivity contribution >= 4 is 11.9 Å². The first-order valence-electron chi connectivity index (χ1n) is 12.0. The first-order valence-corrected chi connectivity index (χ1v) is 12.0. The quantitative estimate of drug-likeness (QED) is 0.234. The fourth-order valence-electron chi connectivity index (χ4n) is 3.60. The molecule has 4 rings (SSSR count). The van der Waals surface area contributed by atoms with Gasteiger partial charge in [0.2, 0.25) is 0 Å². The lowest BCUT2D eigenvalue weighted by Crippen LogP contribution is -2.02. The second-order valence-electron chi connectivity index (χ2n) is 8.35. The predicted octanol–water partition coefficient (Wildman–Crippen LogP) is 5.50. The van der Waals surface area contributed by atoms with Crippen molar-refractivity contribution in [3.05, 3.63) is 118 Å². The Hall–Kier alpha value is -5.40. The summed E-state index contributed by atoms with van der Waals surface area (Å²) in [5, 5.41) is 18.2. The van der Waals surface area contributed by atoms with Crippen molar-refractivity contribution in [2.45, 2.75) is 12.8 Å². The van der Waals surface area contributed by atoms with Crippen LogP contribution in [0.3, 0.4) is 0 Å². The molecule has 0 aliphatic rings. The number of furan rings is 1. The van der Waals surface area contributed by atoms with E-state index in [9.17, 15) is 9.59 Å². The van der Waals surface area contributed by atoms with Gasteiger partial charge >= 0.3 is 11.9 Å². The average Bonchev–Trinajstić information content (AvgIpc) is 3.47. The molecule has 0 radical (unpaired) electrons. The van der Waals surface area contributed by atoms with Crippen LogP contribution < -0.4 is 9.47 Å². The van der Waals surface area contributed by atoms with Gasteiger partial charge in [-0.25, -0.2) is 9.59 Å². The zero-order valence-corrected chi connectivity index (χ0v) is 21.1. The lowest BCUT2D eigenvalue weighted by atomic mass is 10.1. The molecule has 0 fully saturated rings. The first-order chi connectivity index (χ1) is 18.9. The van der Waals surface area contributed by atoms with Gasteiger partial charge in [0.05, 0.1) is 42.2 Å². The number of hydrogen-bond acceptors (Lipinski definition) is 5. The maximum Gasteiger partial charge on any atom is 0.335 e. The minimum absolute atomic E-state index is 0.184. The predicted molar refractivity (Wildman–Crippen MR) is 144 cm³/mol. The van der Waals surface area contributed by atoms with Crippen LogP contribution >= 0.6 is 0 Å². The smallest absolute Gasteiger partial charge is 0.335 e. The number of methoxy groups -OCH3 is 1. The number of ether oxygens (including phenoxy) is 2. The van der Waals surface area contributed by atoms with Crippen molar-refractivity contribution in [1.29, 1.82) is 0 Å². The zero-order chi connectivity index (χ0) is 27.6. The van der Waals surface area contributed by atoms with Crippen LogP contribution in [0.15, 0.2) is 83.5 Å². The van der Waals surface area contributed by atoms with Crippen LogP contribution in [0.2, 0.25) is 0 Å². The van der Waals surface area contributed by atoms with Gasteiger partial charge in [-0.2, -0.15) is 0 Å². The van der Waals surface area contributed by atoms with Gasteiger partial charge in [-0.05, 0) is 67.1 Å². The number of aryl methyl sites for hydroxylation is 1. The molecule has 7 heteroatoms. The molecule has 0 aliphatic heterocycles. The summed E-state index contributed by atoms with van der Waals surface area (Å²) in [6.45, 7) is 0.415. The zero-order valence-electron chi connectivity index (χ0n) is 21.1. The molecule has 0 amide bonds. The molecular weight excluding hydrogens is 496 g/mol. The Labute approximate surface area is 225 Å². The number of carboxylic acid groups (broad SMARTS) is 2. The van der Waals surface area contributed by atoms with E-state index in [1.807, 2.05) is 12.1 Å². The minimum atomic E-state index is -1.00. The standard InChI is InChI=1S/C32H24O7/c1-37-29-20-27(17-11-23-8-14-25(15-9-23)32(35)36)30(39-19-3-5-28-4-2-18-38-28)21-26(29)16-10-22-6-12-24(13-7-22)31(33)34/h2,4,6-9,12-15,18,20-21H,3,5,19H2,1H3,(H,33,34)(H,35,36). The molecule has 194 valence electrons. The van der Waals surface area contributed by atoms with Crippen LogP contribution in [0.4, 0.5) is 0 Å². The average molecular weight is 521 g/mol. The molecule has 0 spiro atoms. The van der Waals surface area contributed by atoms with Crippen LogP contribution in [0.1, 0.15) is 55.2 Å². The Balaban J connectivity index is 1.63. The third-order valence-corrected chi connectivity index (χ3v) is 5.65. The van der Waals surface area contributed by atoms with E-state index < -0.39 is 11.9 Å². The van der Waals surface area contributed by atoms with E-state index in [0.29, 0.717) is 40.4 Å². The van der Waals surface area contributed by atoms with Crippen molar-refractivity contribution in [3.8, 4) is 35.2 Å². The second kappa shape index (κ2) is 12.7. The molecule has 39 heavy (non-hydrogen) atoms. The van der Waals surface area contributed by atoms with Crippen LogP contribution in [0.25, 0.3) is 0 Å². The minimum Gasteiger partial charge on any atom is -0.495 e. The molecule has 7 nitrogen and oxygen atoms in total. The van der Waals surface area contributed by atoms with E-state index in [1.165, 1.54) is 31.4 Å². The van der Waals surface area contributed by atoms with Crippen molar-refractivity contribution < 1.29 is 33.7 Å². The summed E-state index contributed by atoms with van der Waals surface area (Å²) in [6.07, 6.45) is 3.08. The Bertz CT molecular complexity index is 1580. The summed E-state index contributed by atoms with van der Waals surface area (Å²) in [7, 11) is 1.54. The Kier molecular flexibility index (Phi) is 8.69. The van der Waals surface area contributed by atoms with Crippen LogP contribution in [-0.4, -0.2) is 35.9 Å². The lowest BCUT2D eigenvalue weighted by molar-refractivity contribution is 0.0686. The summed E-state index contributed by atoms with van der Waals surface area (Å²) in [5.74, 6) is 12.2. The normalized spacial score (nSPS) is 9.97. The molecule has 0 unspecified atom stereocenters. The third kappa shape index (κ3) is 7.31. The lowest BCUT2D eigenvalue weighted by Gasteiger charge is -2.12. The maximum absolute atomic E-state index is 11.1.